The Morgan fingerprint density at radius 3 is 2.75 bits per heavy atom. The first-order chi connectivity index (χ1) is 13.5. The normalized spacial score (nSPS) is 12.6. The minimum atomic E-state index is -0.553. The second-order valence-corrected chi connectivity index (χ2v) is 6.27. The maximum absolute atomic E-state index is 11.1. The number of hydrogen-bond donors (Lipinski definition) is 0. The van der Waals surface area contributed by atoms with E-state index >= 15 is 0 Å². The van der Waals surface area contributed by atoms with Gasteiger partial charge in [-0.2, -0.15) is 5.26 Å². The molecule has 0 N–H and O–H groups in total. The smallest absolute Gasteiger partial charge is 0.288 e. The average molecular weight is 395 g/mol. The number of allylic oxidation sites excluding steroid dienone is 1. The lowest BCUT2D eigenvalue weighted by atomic mass is 10.1. The van der Waals surface area contributed by atoms with Crippen LogP contribution in [0.2, 0.25) is 5.02 Å². The molecule has 0 spiro atoms. The van der Waals surface area contributed by atoms with E-state index in [0.717, 1.165) is 0 Å². The van der Waals surface area contributed by atoms with Crippen molar-refractivity contribution < 1.29 is 18.8 Å². The van der Waals surface area contributed by atoms with Crippen molar-refractivity contribution in [3.05, 3.63) is 75.0 Å². The SMILES string of the molecule is N#C/C(=C/c1ccc(-c2ccc(Cl)c([N+](=O)[O-])c2)o1)c1ccc2c(c1)OCO2. The zero-order chi connectivity index (χ0) is 19.7. The second-order valence-electron chi connectivity index (χ2n) is 5.86. The van der Waals surface area contributed by atoms with Crippen molar-refractivity contribution in [2.24, 2.45) is 0 Å². The molecule has 1 aliphatic heterocycles. The summed E-state index contributed by atoms with van der Waals surface area (Å²) in [5, 5.41) is 20.6. The number of hydrogen-bond acceptors (Lipinski definition) is 6. The van der Waals surface area contributed by atoms with E-state index in [-0.39, 0.29) is 17.5 Å². The lowest BCUT2D eigenvalue weighted by molar-refractivity contribution is -0.384. The van der Waals surface area contributed by atoms with Crippen molar-refractivity contribution in [2.45, 2.75) is 0 Å². The highest BCUT2D eigenvalue weighted by Gasteiger charge is 2.17. The zero-order valence-corrected chi connectivity index (χ0v) is 15.0. The van der Waals surface area contributed by atoms with Crippen LogP contribution in [0.25, 0.3) is 23.0 Å². The molecule has 0 bridgehead atoms. The second kappa shape index (κ2) is 7.10. The van der Waals surface area contributed by atoms with E-state index in [1.165, 1.54) is 12.1 Å². The van der Waals surface area contributed by atoms with Crippen LogP contribution in [0.1, 0.15) is 11.3 Å². The van der Waals surface area contributed by atoms with Crippen molar-refractivity contribution in [2.75, 3.05) is 6.79 Å². The molecule has 1 aliphatic rings. The van der Waals surface area contributed by atoms with E-state index in [2.05, 4.69) is 6.07 Å². The van der Waals surface area contributed by atoms with Crippen molar-refractivity contribution >= 4 is 28.9 Å². The molecule has 0 aliphatic carbocycles. The Bertz CT molecular complexity index is 1160. The van der Waals surface area contributed by atoms with Gasteiger partial charge in [-0.15, -0.1) is 0 Å². The molecule has 7 nitrogen and oxygen atoms in total. The van der Waals surface area contributed by atoms with E-state index in [4.69, 9.17) is 25.5 Å². The van der Waals surface area contributed by atoms with E-state index in [1.54, 1.807) is 42.5 Å². The molecule has 0 radical (unpaired) electrons. The number of halogens is 1. The molecular weight excluding hydrogens is 384 g/mol. The van der Waals surface area contributed by atoms with Crippen molar-refractivity contribution in [3.63, 3.8) is 0 Å². The van der Waals surface area contributed by atoms with Gasteiger partial charge in [0.1, 0.15) is 16.5 Å². The van der Waals surface area contributed by atoms with Gasteiger partial charge in [-0.05, 0) is 54.1 Å². The highest BCUT2D eigenvalue weighted by atomic mass is 35.5. The van der Waals surface area contributed by atoms with Gasteiger partial charge in [0, 0.05) is 11.6 Å². The molecule has 0 unspecified atom stereocenters. The summed E-state index contributed by atoms with van der Waals surface area (Å²) >= 11 is 5.84. The highest BCUT2D eigenvalue weighted by Crippen LogP contribution is 2.35. The number of benzene rings is 2. The van der Waals surface area contributed by atoms with Crippen LogP contribution in [-0.4, -0.2) is 11.7 Å². The minimum absolute atomic E-state index is 0.0509. The number of nitriles is 1. The molecule has 138 valence electrons. The Balaban J connectivity index is 1.66. The third kappa shape index (κ3) is 3.29. The Kier molecular flexibility index (Phi) is 4.47. The molecule has 0 saturated carbocycles. The Labute approximate surface area is 164 Å². The summed E-state index contributed by atoms with van der Waals surface area (Å²) in [5.74, 6) is 2.06. The van der Waals surface area contributed by atoms with E-state index in [1.807, 2.05) is 0 Å². The monoisotopic (exact) mass is 394 g/mol. The van der Waals surface area contributed by atoms with Crippen molar-refractivity contribution in [1.82, 2.24) is 0 Å². The van der Waals surface area contributed by atoms with Gasteiger partial charge in [-0.1, -0.05) is 11.6 Å². The number of fused-ring (bicyclic) bond motifs is 1. The number of rotatable bonds is 4. The number of nitro benzene ring substituents is 1. The van der Waals surface area contributed by atoms with Crippen LogP contribution in [0, 0.1) is 21.4 Å². The summed E-state index contributed by atoms with van der Waals surface area (Å²) in [6, 6.07) is 15.1. The predicted molar refractivity (Wildman–Crippen MR) is 102 cm³/mol. The largest absolute Gasteiger partial charge is 0.457 e. The molecule has 0 amide bonds. The molecule has 28 heavy (non-hydrogen) atoms. The van der Waals surface area contributed by atoms with Crippen LogP contribution in [-0.2, 0) is 0 Å². The summed E-state index contributed by atoms with van der Waals surface area (Å²) in [5.41, 5.74) is 1.34. The van der Waals surface area contributed by atoms with Crippen LogP contribution in [0.3, 0.4) is 0 Å². The Morgan fingerprint density at radius 1 is 1.14 bits per heavy atom. The molecule has 4 rings (SSSR count). The fourth-order valence-electron chi connectivity index (χ4n) is 2.78. The summed E-state index contributed by atoms with van der Waals surface area (Å²) in [7, 11) is 0. The number of nitro groups is 1. The van der Waals surface area contributed by atoms with E-state index in [9.17, 15) is 15.4 Å². The Hall–Kier alpha value is -3.76. The molecular formula is C20H11ClN2O5. The van der Waals surface area contributed by atoms with Gasteiger partial charge in [0.2, 0.25) is 6.79 Å². The molecule has 0 atom stereocenters. The van der Waals surface area contributed by atoms with Gasteiger partial charge in [0.05, 0.1) is 16.6 Å². The lowest BCUT2D eigenvalue weighted by Crippen LogP contribution is -1.92. The summed E-state index contributed by atoms with van der Waals surface area (Å²) in [6.07, 6.45) is 1.59. The van der Waals surface area contributed by atoms with Gasteiger partial charge < -0.3 is 13.9 Å². The van der Waals surface area contributed by atoms with Gasteiger partial charge >= 0.3 is 0 Å². The summed E-state index contributed by atoms with van der Waals surface area (Å²) < 4.78 is 16.4. The Morgan fingerprint density at radius 2 is 1.96 bits per heavy atom. The first kappa shape index (κ1) is 17.6. The zero-order valence-electron chi connectivity index (χ0n) is 14.2. The number of nitrogens with zero attached hydrogens (tertiary/aromatic N) is 2. The van der Waals surface area contributed by atoms with Gasteiger partial charge in [0.25, 0.3) is 5.69 Å². The standard InChI is InChI=1S/C20H11ClN2O5/c21-16-4-1-13(8-17(16)23(24)25)18-6-3-15(28-18)7-14(10-22)12-2-5-19-20(9-12)27-11-26-19/h1-9H,11H2/b14-7-. The average Bonchev–Trinajstić information content (AvgIpc) is 3.35. The quantitative estimate of drug-likeness (QED) is 0.338. The summed E-state index contributed by atoms with van der Waals surface area (Å²) in [6.45, 7) is 0.152. The fourth-order valence-corrected chi connectivity index (χ4v) is 2.96. The number of furan rings is 1. The highest BCUT2D eigenvalue weighted by molar-refractivity contribution is 6.32. The molecule has 3 aromatic rings. The topological polar surface area (TPSA) is 98.5 Å². The molecule has 2 aromatic carbocycles. The van der Waals surface area contributed by atoms with Gasteiger partial charge in [-0.25, -0.2) is 0 Å². The molecule has 0 fully saturated rings. The molecule has 0 saturated heterocycles. The molecule has 1 aromatic heterocycles. The predicted octanol–water partition coefficient (Wildman–Crippen LogP) is 5.30. The fraction of sp³-hybridized carbons (Fsp3) is 0.0500. The number of ether oxygens (including phenoxy) is 2. The van der Waals surface area contributed by atoms with Crippen LogP contribution in [0.5, 0.6) is 11.5 Å². The first-order valence-corrected chi connectivity index (χ1v) is 8.49. The lowest BCUT2D eigenvalue weighted by Gasteiger charge is -2.01. The van der Waals surface area contributed by atoms with Crippen LogP contribution in [0.4, 0.5) is 5.69 Å². The van der Waals surface area contributed by atoms with E-state index in [0.29, 0.717) is 39.7 Å². The maximum Gasteiger partial charge on any atom is 0.288 e. The van der Waals surface area contributed by atoms with Crippen LogP contribution in [0.15, 0.2) is 52.9 Å². The third-order valence-electron chi connectivity index (χ3n) is 4.14. The maximum atomic E-state index is 11.1. The third-order valence-corrected chi connectivity index (χ3v) is 4.46. The van der Waals surface area contributed by atoms with Crippen LogP contribution >= 0.6 is 11.6 Å². The van der Waals surface area contributed by atoms with Gasteiger partial charge in [0.15, 0.2) is 11.5 Å². The van der Waals surface area contributed by atoms with E-state index < -0.39 is 4.92 Å². The molecule has 8 heteroatoms. The minimum Gasteiger partial charge on any atom is -0.457 e. The van der Waals surface area contributed by atoms with Crippen molar-refractivity contribution in [1.29, 1.82) is 5.26 Å². The first-order valence-electron chi connectivity index (χ1n) is 8.11. The summed E-state index contributed by atoms with van der Waals surface area (Å²) in [4.78, 5) is 10.5. The molecule has 2 heterocycles. The van der Waals surface area contributed by atoms with Crippen LogP contribution < -0.4 is 9.47 Å². The van der Waals surface area contributed by atoms with Crippen molar-refractivity contribution in [3.8, 4) is 28.9 Å². The van der Waals surface area contributed by atoms with Gasteiger partial charge in [-0.3, -0.25) is 10.1 Å².